The minimum atomic E-state index is -3.26. The summed E-state index contributed by atoms with van der Waals surface area (Å²) >= 11 is 0. The Hall–Kier alpha value is -1.66. The summed E-state index contributed by atoms with van der Waals surface area (Å²) in [6.45, 7) is 0. The molecule has 0 radical (unpaired) electrons. The van der Waals surface area contributed by atoms with Gasteiger partial charge in [0.25, 0.3) is 6.43 Å². The maximum Gasteiger partial charge on any atom is 0.342 e. The number of hydrogen-bond acceptors (Lipinski definition) is 3. The van der Waals surface area contributed by atoms with Gasteiger partial charge in [0.15, 0.2) is 0 Å². The average molecular weight is 223 g/mol. The van der Waals surface area contributed by atoms with Crippen molar-refractivity contribution in [2.45, 2.75) is 6.43 Å². The van der Waals surface area contributed by atoms with Gasteiger partial charge in [-0.1, -0.05) is 0 Å². The normalized spacial score (nSPS) is 10.5. The summed E-state index contributed by atoms with van der Waals surface area (Å²) in [6, 6.07) is 0.234. The summed E-state index contributed by atoms with van der Waals surface area (Å²) in [5.74, 6) is -4.17. The fraction of sp³-hybridized carbons (Fsp3) is 0.250. The summed E-state index contributed by atoms with van der Waals surface area (Å²) in [5, 5.41) is 0. The van der Waals surface area contributed by atoms with Gasteiger partial charge in [-0.3, -0.25) is 0 Å². The lowest BCUT2D eigenvalue weighted by molar-refractivity contribution is 0.0580. The first-order valence-corrected chi connectivity index (χ1v) is 3.69. The van der Waals surface area contributed by atoms with E-state index in [1.165, 1.54) is 0 Å². The van der Waals surface area contributed by atoms with Gasteiger partial charge in [0, 0.05) is 6.07 Å². The summed E-state index contributed by atoms with van der Waals surface area (Å²) in [7, 11) is 0.889. The van der Waals surface area contributed by atoms with Crippen molar-refractivity contribution in [1.82, 2.24) is 4.98 Å². The van der Waals surface area contributed by atoms with E-state index in [0.717, 1.165) is 7.11 Å². The predicted octanol–water partition coefficient (Wildman–Crippen LogP) is 2.08. The molecule has 1 heterocycles. The molecule has 0 N–H and O–H groups in total. The number of halogens is 4. The van der Waals surface area contributed by atoms with Crippen LogP contribution in [-0.2, 0) is 4.74 Å². The zero-order valence-electron chi connectivity index (χ0n) is 7.43. The number of nitrogens with zero attached hydrogens (tertiary/aromatic N) is 1. The van der Waals surface area contributed by atoms with Gasteiger partial charge in [0.2, 0.25) is 5.95 Å². The van der Waals surface area contributed by atoms with Crippen LogP contribution in [0.3, 0.4) is 0 Å². The van der Waals surface area contributed by atoms with Crippen molar-refractivity contribution in [3.63, 3.8) is 0 Å². The Labute approximate surface area is 81.7 Å². The van der Waals surface area contributed by atoms with Crippen molar-refractivity contribution in [1.29, 1.82) is 0 Å². The van der Waals surface area contributed by atoms with Gasteiger partial charge in [-0.15, -0.1) is 0 Å². The standard InChI is InChI=1S/C8H5F4NO2/c1-15-8(14)5-3(9)2-4(10)13-6(5)7(11)12/h2,7H,1H3. The van der Waals surface area contributed by atoms with Gasteiger partial charge >= 0.3 is 5.97 Å². The van der Waals surface area contributed by atoms with Crippen molar-refractivity contribution in [3.8, 4) is 0 Å². The average Bonchev–Trinajstić information content (AvgIpc) is 2.15. The first kappa shape index (κ1) is 11.4. The Morgan fingerprint density at radius 1 is 1.47 bits per heavy atom. The fourth-order valence-corrected chi connectivity index (χ4v) is 0.964. The second-order valence-corrected chi connectivity index (χ2v) is 2.48. The molecule has 0 bridgehead atoms. The maximum atomic E-state index is 13.0. The molecule has 0 spiro atoms. The molecule has 1 aromatic rings. The molecule has 0 unspecified atom stereocenters. The molecule has 0 amide bonds. The molecule has 15 heavy (non-hydrogen) atoms. The minimum absolute atomic E-state index is 0.234. The number of carbonyl (C=O) groups excluding carboxylic acids is 1. The van der Waals surface area contributed by atoms with Gasteiger partial charge < -0.3 is 4.74 Å². The largest absolute Gasteiger partial charge is 0.465 e. The molecule has 0 aliphatic heterocycles. The van der Waals surface area contributed by atoms with E-state index >= 15 is 0 Å². The lowest BCUT2D eigenvalue weighted by atomic mass is 10.2. The van der Waals surface area contributed by atoms with E-state index < -0.39 is 35.4 Å². The number of aromatic nitrogens is 1. The number of hydrogen-bond donors (Lipinski definition) is 0. The molecule has 0 aromatic carbocycles. The molecule has 1 rings (SSSR count). The minimum Gasteiger partial charge on any atom is -0.465 e. The molecular formula is C8H5F4NO2. The first-order valence-electron chi connectivity index (χ1n) is 3.69. The predicted molar refractivity (Wildman–Crippen MR) is 40.4 cm³/mol. The number of rotatable bonds is 2. The fourth-order valence-electron chi connectivity index (χ4n) is 0.964. The zero-order chi connectivity index (χ0) is 11.6. The molecule has 0 aliphatic rings. The van der Waals surface area contributed by atoms with Crippen LogP contribution in [0.1, 0.15) is 22.5 Å². The van der Waals surface area contributed by atoms with Crippen LogP contribution in [0, 0.1) is 11.8 Å². The van der Waals surface area contributed by atoms with E-state index in [-0.39, 0.29) is 6.07 Å². The van der Waals surface area contributed by atoms with Crippen molar-refractivity contribution in [3.05, 3.63) is 29.1 Å². The van der Waals surface area contributed by atoms with Crippen LogP contribution in [0.25, 0.3) is 0 Å². The second-order valence-electron chi connectivity index (χ2n) is 2.48. The molecule has 7 heteroatoms. The Kier molecular flexibility index (Phi) is 3.23. The van der Waals surface area contributed by atoms with E-state index in [1.54, 1.807) is 0 Å². The van der Waals surface area contributed by atoms with Crippen molar-refractivity contribution in [2.24, 2.45) is 0 Å². The summed E-state index contributed by atoms with van der Waals surface area (Å²) < 4.78 is 54.1. The molecule has 0 fully saturated rings. The second kappa shape index (κ2) is 4.24. The van der Waals surface area contributed by atoms with Crippen LogP contribution >= 0.6 is 0 Å². The molecule has 0 atom stereocenters. The Morgan fingerprint density at radius 2 is 2.07 bits per heavy atom. The number of carbonyl (C=O) groups is 1. The van der Waals surface area contributed by atoms with Crippen molar-refractivity contribution < 1.29 is 27.1 Å². The highest BCUT2D eigenvalue weighted by Gasteiger charge is 2.26. The van der Waals surface area contributed by atoms with E-state index in [2.05, 4.69) is 9.72 Å². The highest BCUT2D eigenvalue weighted by atomic mass is 19.3. The van der Waals surface area contributed by atoms with Crippen molar-refractivity contribution in [2.75, 3.05) is 7.11 Å². The highest BCUT2D eigenvalue weighted by Crippen LogP contribution is 2.24. The third-order valence-corrected chi connectivity index (χ3v) is 1.56. The summed E-state index contributed by atoms with van der Waals surface area (Å²) in [5.41, 5.74) is -2.31. The molecule has 0 aliphatic carbocycles. The van der Waals surface area contributed by atoms with Crippen LogP contribution in [-0.4, -0.2) is 18.1 Å². The van der Waals surface area contributed by atoms with Gasteiger partial charge in [-0.05, 0) is 0 Å². The van der Waals surface area contributed by atoms with E-state index in [9.17, 15) is 22.4 Å². The zero-order valence-corrected chi connectivity index (χ0v) is 7.43. The monoisotopic (exact) mass is 223 g/mol. The number of pyridine rings is 1. The molecule has 82 valence electrons. The third-order valence-electron chi connectivity index (χ3n) is 1.56. The Balaban J connectivity index is 3.40. The maximum absolute atomic E-state index is 13.0. The summed E-state index contributed by atoms with van der Waals surface area (Å²) in [4.78, 5) is 13.7. The molecule has 0 saturated heterocycles. The number of alkyl halides is 2. The number of esters is 1. The SMILES string of the molecule is COC(=O)c1c(F)cc(F)nc1C(F)F. The first-order chi connectivity index (χ1) is 6.97. The van der Waals surface area contributed by atoms with Crippen LogP contribution in [0.15, 0.2) is 6.07 Å². The molecule has 3 nitrogen and oxygen atoms in total. The van der Waals surface area contributed by atoms with Crippen LogP contribution < -0.4 is 0 Å². The van der Waals surface area contributed by atoms with Crippen LogP contribution in [0.4, 0.5) is 17.6 Å². The smallest absolute Gasteiger partial charge is 0.342 e. The van der Waals surface area contributed by atoms with Crippen molar-refractivity contribution >= 4 is 5.97 Å². The van der Waals surface area contributed by atoms with E-state index in [0.29, 0.717) is 0 Å². The lowest BCUT2D eigenvalue weighted by Crippen LogP contribution is -2.12. The highest BCUT2D eigenvalue weighted by molar-refractivity contribution is 5.90. The molecular weight excluding hydrogens is 218 g/mol. The van der Waals surface area contributed by atoms with E-state index in [1.807, 2.05) is 0 Å². The third kappa shape index (κ3) is 2.23. The van der Waals surface area contributed by atoms with Gasteiger partial charge in [-0.2, -0.15) is 4.39 Å². The van der Waals surface area contributed by atoms with Crippen LogP contribution in [0.5, 0.6) is 0 Å². The quantitative estimate of drug-likeness (QED) is 0.437. The van der Waals surface area contributed by atoms with Gasteiger partial charge in [0.05, 0.1) is 7.11 Å². The summed E-state index contributed by atoms with van der Waals surface area (Å²) in [6.07, 6.45) is -3.26. The number of ether oxygens (including phenoxy) is 1. The topological polar surface area (TPSA) is 39.2 Å². The Morgan fingerprint density at radius 3 is 2.53 bits per heavy atom. The van der Waals surface area contributed by atoms with E-state index in [4.69, 9.17) is 0 Å². The van der Waals surface area contributed by atoms with Crippen LogP contribution in [0.2, 0.25) is 0 Å². The van der Waals surface area contributed by atoms with Gasteiger partial charge in [-0.25, -0.2) is 22.9 Å². The lowest BCUT2D eigenvalue weighted by Gasteiger charge is -2.06. The van der Waals surface area contributed by atoms with Gasteiger partial charge in [0.1, 0.15) is 17.1 Å². The molecule has 1 aromatic heterocycles. The molecule has 0 saturated carbocycles. The Bertz CT molecular complexity index is 394. The number of methoxy groups -OCH3 is 1.